The van der Waals surface area contributed by atoms with Gasteiger partial charge in [-0.15, -0.1) is 0 Å². The van der Waals surface area contributed by atoms with Crippen LogP contribution in [0.3, 0.4) is 0 Å². The molecule has 2 aliphatic carbocycles. The van der Waals surface area contributed by atoms with Gasteiger partial charge in [-0.3, -0.25) is 0 Å². The van der Waals surface area contributed by atoms with Crippen molar-refractivity contribution in [3.05, 3.63) is 0 Å². The number of rotatable bonds is 2. The van der Waals surface area contributed by atoms with Gasteiger partial charge < -0.3 is 0 Å². The van der Waals surface area contributed by atoms with Gasteiger partial charge in [-0.2, -0.15) is 0 Å². The molecule has 133 valence electrons. The molecule has 1 heteroatoms. The Bertz CT molecular complexity index is 213. The van der Waals surface area contributed by atoms with Crippen molar-refractivity contribution in [3.63, 3.8) is 0 Å². The van der Waals surface area contributed by atoms with E-state index in [9.17, 15) is 0 Å². The van der Waals surface area contributed by atoms with Gasteiger partial charge in [0.15, 0.2) is 0 Å². The summed E-state index contributed by atoms with van der Waals surface area (Å²) in [6, 6.07) is 0. The Morgan fingerprint density at radius 2 is 0.522 bits per heavy atom. The summed E-state index contributed by atoms with van der Waals surface area (Å²) in [5.41, 5.74) is 0. The Hall–Kier alpha value is 0.0649. The summed E-state index contributed by atoms with van der Waals surface area (Å²) in [7, 11) is 2.86. The molecule has 0 bridgehead atoms. The first kappa shape index (κ1) is 19.4. The predicted molar refractivity (Wildman–Crippen MR) is 106 cm³/mol. The molecule has 0 unspecified atom stereocenters. The Balaban J connectivity index is 1.76. The summed E-state index contributed by atoms with van der Waals surface area (Å²) >= 11 is 0. The van der Waals surface area contributed by atoms with E-state index < -0.39 is 0 Å². The molecular formula is C22H42B. The molecule has 0 amide bonds. The highest BCUT2D eigenvalue weighted by Gasteiger charge is 2.18. The second kappa shape index (κ2) is 13.4. The second-order valence-corrected chi connectivity index (χ2v) is 8.52. The molecule has 0 spiro atoms. The normalized spacial score (nSPS) is 25.9. The summed E-state index contributed by atoms with van der Waals surface area (Å²) in [5.74, 6) is 1.89. The number of hydrogen-bond acceptors (Lipinski definition) is 0. The van der Waals surface area contributed by atoms with Crippen LogP contribution in [0.4, 0.5) is 0 Å². The summed E-state index contributed by atoms with van der Waals surface area (Å²) < 4.78 is 0. The fourth-order valence-corrected chi connectivity index (χ4v) is 4.81. The van der Waals surface area contributed by atoms with Crippen LogP contribution in [-0.4, -0.2) is 7.28 Å². The van der Waals surface area contributed by atoms with E-state index in [1.807, 2.05) is 0 Å². The van der Waals surface area contributed by atoms with E-state index in [0.29, 0.717) is 0 Å². The van der Waals surface area contributed by atoms with Crippen LogP contribution >= 0.6 is 0 Å². The molecule has 1 radical (unpaired) electrons. The summed E-state index contributed by atoms with van der Waals surface area (Å²) in [4.78, 5) is 0. The highest BCUT2D eigenvalue weighted by Crippen LogP contribution is 2.33. The maximum atomic E-state index is 2.86. The monoisotopic (exact) mass is 317 g/mol. The third kappa shape index (κ3) is 9.83. The molecule has 0 saturated heterocycles. The third-order valence-corrected chi connectivity index (χ3v) is 6.34. The zero-order valence-electron chi connectivity index (χ0n) is 15.9. The lowest BCUT2D eigenvalue weighted by atomic mass is 9.50. The van der Waals surface area contributed by atoms with E-state index >= 15 is 0 Å². The van der Waals surface area contributed by atoms with E-state index in [-0.39, 0.29) is 0 Å². The standard InChI is InChI=1S/C22H42B/c1-2-6-10-14-18-21(17-13-9-5-1)23-22-19-15-11-7-3-4-8-12-16-20-22/h21-22H,1-20H2. The van der Waals surface area contributed by atoms with Crippen molar-refractivity contribution in [1.82, 2.24) is 0 Å². The molecule has 0 aromatic heterocycles. The van der Waals surface area contributed by atoms with Gasteiger partial charge in [-0.1, -0.05) is 140 Å². The Morgan fingerprint density at radius 3 is 0.783 bits per heavy atom. The molecule has 0 aliphatic heterocycles. The molecule has 0 aromatic carbocycles. The average molecular weight is 317 g/mol. The largest absolute Gasteiger partial charge is 0.117 e. The summed E-state index contributed by atoms with van der Waals surface area (Å²) in [6.07, 6.45) is 29.9. The van der Waals surface area contributed by atoms with Crippen molar-refractivity contribution in [2.24, 2.45) is 0 Å². The van der Waals surface area contributed by atoms with Crippen molar-refractivity contribution >= 4 is 7.28 Å². The third-order valence-electron chi connectivity index (χ3n) is 6.34. The van der Waals surface area contributed by atoms with E-state index in [1.54, 1.807) is 0 Å². The minimum Gasteiger partial charge on any atom is -0.0686 e. The second-order valence-electron chi connectivity index (χ2n) is 8.52. The molecule has 2 aliphatic rings. The van der Waals surface area contributed by atoms with Crippen LogP contribution in [0.5, 0.6) is 0 Å². The zero-order chi connectivity index (χ0) is 16.0. The molecular weight excluding hydrogens is 275 g/mol. The minimum atomic E-state index is 0.947. The van der Waals surface area contributed by atoms with Gasteiger partial charge in [-0.25, -0.2) is 0 Å². The topological polar surface area (TPSA) is 0 Å². The van der Waals surface area contributed by atoms with Gasteiger partial charge in [0.2, 0.25) is 0 Å². The average Bonchev–Trinajstić information content (AvgIpc) is 2.66. The fraction of sp³-hybridized carbons (Fsp3) is 1.00. The SMILES string of the molecule is [B](C1CCCCCCCCCC1)C1CCCCCCCCCC1. The minimum absolute atomic E-state index is 0.947. The molecule has 0 atom stereocenters. The smallest absolute Gasteiger partial charge is 0.0686 e. The van der Waals surface area contributed by atoms with Gasteiger partial charge in [0, 0.05) is 0 Å². The highest BCUT2D eigenvalue weighted by molar-refractivity contribution is 6.39. The molecule has 23 heavy (non-hydrogen) atoms. The van der Waals surface area contributed by atoms with Crippen LogP contribution in [-0.2, 0) is 0 Å². The Morgan fingerprint density at radius 1 is 0.304 bits per heavy atom. The molecule has 0 aromatic rings. The van der Waals surface area contributed by atoms with Crippen LogP contribution in [0.25, 0.3) is 0 Å². The van der Waals surface area contributed by atoms with Crippen molar-refractivity contribution in [1.29, 1.82) is 0 Å². The van der Waals surface area contributed by atoms with Crippen LogP contribution in [0.2, 0.25) is 11.6 Å². The molecule has 2 saturated carbocycles. The molecule has 2 rings (SSSR count). The lowest BCUT2D eigenvalue weighted by Gasteiger charge is -2.23. The van der Waals surface area contributed by atoms with Gasteiger partial charge in [0.25, 0.3) is 0 Å². The van der Waals surface area contributed by atoms with E-state index in [2.05, 4.69) is 7.28 Å². The van der Waals surface area contributed by atoms with Crippen LogP contribution in [0.15, 0.2) is 0 Å². The van der Waals surface area contributed by atoms with E-state index in [1.165, 1.54) is 128 Å². The fourth-order valence-electron chi connectivity index (χ4n) is 4.81. The quantitative estimate of drug-likeness (QED) is 0.451. The molecule has 0 nitrogen and oxygen atoms in total. The first-order valence-electron chi connectivity index (χ1n) is 11.3. The van der Waals surface area contributed by atoms with E-state index in [0.717, 1.165) is 11.6 Å². The van der Waals surface area contributed by atoms with Crippen molar-refractivity contribution in [2.45, 2.75) is 140 Å². The van der Waals surface area contributed by atoms with Crippen molar-refractivity contribution in [2.75, 3.05) is 0 Å². The van der Waals surface area contributed by atoms with Crippen LogP contribution in [0, 0.1) is 0 Å². The van der Waals surface area contributed by atoms with Crippen molar-refractivity contribution < 1.29 is 0 Å². The number of hydrogen-bond donors (Lipinski definition) is 0. The molecule has 2 fully saturated rings. The molecule has 0 heterocycles. The first-order chi connectivity index (χ1) is 11.4. The predicted octanol–water partition coefficient (Wildman–Crippen LogP) is 8.10. The Labute approximate surface area is 147 Å². The Kier molecular flexibility index (Phi) is 11.3. The first-order valence-corrected chi connectivity index (χ1v) is 11.3. The highest BCUT2D eigenvalue weighted by atomic mass is 14.1. The molecule has 0 N–H and O–H groups in total. The maximum absolute atomic E-state index is 2.86. The lowest BCUT2D eigenvalue weighted by molar-refractivity contribution is 0.546. The van der Waals surface area contributed by atoms with Gasteiger partial charge in [-0.05, 0) is 0 Å². The van der Waals surface area contributed by atoms with E-state index in [4.69, 9.17) is 0 Å². The lowest BCUT2D eigenvalue weighted by Crippen LogP contribution is -2.12. The maximum Gasteiger partial charge on any atom is 0.117 e. The van der Waals surface area contributed by atoms with Crippen LogP contribution in [0.1, 0.15) is 128 Å². The van der Waals surface area contributed by atoms with Gasteiger partial charge in [0.1, 0.15) is 7.28 Å². The summed E-state index contributed by atoms with van der Waals surface area (Å²) in [6.45, 7) is 0. The van der Waals surface area contributed by atoms with Gasteiger partial charge in [0.05, 0.1) is 0 Å². The van der Waals surface area contributed by atoms with Crippen molar-refractivity contribution in [3.8, 4) is 0 Å². The van der Waals surface area contributed by atoms with Crippen LogP contribution < -0.4 is 0 Å². The zero-order valence-corrected chi connectivity index (χ0v) is 15.9. The van der Waals surface area contributed by atoms with Gasteiger partial charge >= 0.3 is 0 Å². The summed E-state index contributed by atoms with van der Waals surface area (Å²) in [5, 5.41) is 0.